The number of hydrogen-bond donors (Lipinski definition) is 2. The summed E-state index contributed by atoms with van der Waals surface area (Å²) >= 11 is 0. The molecule has 0 aliphatic carbocycles. The molecule has 116 valence electrons. The van der Waals surface area contributed by atoms with Gasteiger partial charge in [-0.05, 0) is 31.0 Å². The first-order chi connectivity index (χ1) is 9.85. The molecule has 1 heterocycles. The van der Waals surface area contributed by atoms with Gasteiger partial charge in [-0.3, -0.25) is 9.52 Å². The molecule has 8 heteroatoms. The monoisotopic (exact) mass is 316 g/mol. The van der Waals surface area contributed by atoms with Gasteiger partial charge in [0.25, 0.3) is 5.91 Å². The molecule has 0 radical (unpaired) electrons. The average molecular weight is 316 g/mol. The SMILES string of the molecule is CS(=O)(=O)Nc1ccc(F)cc1C(=O)NC1CCOCC1. The number of carbonyl (C=O) groups is 1. The molecule has 2 N–H and O–H groups in total. The van der Waals surface area contributed by atoms with Crippen molar-refractivity contribution in [1.29, 1.82) is 0 Å². The lowest BCUT2D eigenvalue weighted by Crippen LogP contribution is -2.39. The molecule has 0 saturated carbocycles. The summed E-state index contributed by atoms with van der Waals surface area (Å²) < 4.78 is 43.3. The van der Waals surface area contributed by atoms with Crippen molar-refractivity contribution >= 4 is 21.6 Å². The van der Waals surface area contributed by atoms with Crippen LogP contribution in [0.2, 0.25) is 0 Å². The highest BCUT2D eigenvalue weighted by molar-refractivity contribution is 7.92. The predicted octanol–water partition coefficient (Wildman–Crippen LogP) is 1.11. The summed E-state index contributed by atoms with van der Waals surface area (Å²) in [6.07, 6.45) is 2.32. The Balaban J connectivity index is 2.20. The minimum Gasteiger partial charge on any atom is -0.381 e. The third kappa shape index (κ3) is 4.68. The summed E-state index contributed by atoms with van der Waals surface area (Å²) in [5.41, 5.74) is 0.0235. The molecule has 2 rings (SSSR count). The third-order valence-corrected chi connectivity index (χ3v) is 3.67. The van der Waals surface area contributed by atoms with Crippen LogP contribution in [0.4, 0.5) is 10.1 Å². The van der Waals surface area contributed by atoms with E-state index in [1.54, 1.807) is 0 Å². The van der Waals surface area contributed by atoms with Gasteiger partial charge in [0.05, 0.1) is 17.5 Å². The van der Waals surface area contributed by atoms with Crippen LogP contribution in [0.15, 0.2) is 18.2 Å². The average Bonchev–Trinajstić information content (AvgIpc) is 2.40. The zero-order valence-corrected chi connectivity index (χ0v) is 12.4. The first-order valence-electron chi connectivity index (χ1n) is 6.51. The van der Waals surface area contributed by atoms with Crippen LogP contribution in [0.1, 0.15) is 23.2 Å². The summed E-state index contributed by atoms with van der Waals surface area (Å²) in [7, 11) is -3.55. The van der Waals surface area contributed by atoms with Gasteiger partial charge in [0.2, 0.25) is 10.0 Å². The molecule has 1 fully saturated rings. The number of nitrogens with one attached hydrogen (secondary N) is 2. The molecule has 0 unspecified atom stereocenters. The Morgan fingerprint density at radius 2 is 2.00 bits per heavy atom. The van der Waals surface area contributed by atoms with Gasteiger partial charge in [0, 0.05) is 19.3 Å². The van der Waals surface area contributed by atoms with Crippen molar-refractivity contribution in [1.82, 2.24) is 5.32 Å². The highest BCUT2D eigenvalue weighted by Crippen LogP contribution is 2.19. The van der Waals surface area contributed by atoms with Crippen molar-refractivity contribution in [3.8, 4) is 0 Å². The van der Waals surface area contributed by atoms with Crippen molar-refractivity contribution in [3.05, 3.63) is 29.6 Å². The van der Waals surface area contributed by atoms with Crippen molar-refractivity contribution < 1.29 is 22.3 Å². The lowest BCUT2D eigenvalue weighted by molar-refractivity contribution is 0.0696. The fourth-order valence-electron chi connectivity index (χ4n) is 2.10. The third-order valence-electron chi connectivity index (χ3n) is 3.08. The second kappa shape index (κ2) is 6.40. The number of anilines is 1. The van der Waals surface area contributed by atoms with Gasteiger partial charge in [-0.2, -0.15) is 0 Å². The first-order valence-corrected chi connectivity index (χ1v) is 8.40. The Kier molecular flexibility index (Phi) is 4.79. The van der Waals surface area contributed by atoms with E-state index in [2.05, 4.69) is 10.0 Å². The maximum Gasteiger partial charge on any atom is 0.253 e. The smallest absolute Gasteiger partial charge is 0.253 e. The van der Waals surface area contributed by atoms with Crippen LogP contribution in [0.3, 0.4) is 0 Å². The quantitative estimate of drug-likeness (QED) is 0.871. The fraction of sp³-hybridized carbons (Fsp3) is 0.462. The van der Waals surface area contributed by atoms with Crippen LogP contribution in [-0.4, -0.2) is 39.8 Å². The van der Waals surface area contributed by atoms with E-state index in [-0.39, 0.29) is 17.3 Å². The number of carbonyl (C=O) groups excluding carboxylic acids is 1. The minimum absolute atomic E-state index is 0.0353. The van der Waals surface area contributed by atoms with Gasteiger partial charge in [-0.1, -0.05) is 0 Å². The zero-order chi connectivity index (χ0) is 15.5. The Morgan fingerprint density at radius 1 is 1.33 bits per heavy atom. The molecule has 0 bridgehead atoms. The molecular formula is C13H17FN2O4S. The van der Waals surface area contributed by atoms with E-state index >= 15 is 0 Å². The van der Waals surface area contributed by atoms with E-state index in [0.717, 1.165) is 18.4 Å². The molecule has 0 aromatic heterocycles. The normalized spacial score (nSPS) is 16.5. The molecule has 1 aliphatic rings. The highest BCUT2D eigenvalue weighted by atomic mass is 32.2. The van der Waals surface area contributed by atoms with Gasteiger partial charge in [0.1, 0.15) is 5.82 Å². The Morgan fingerprint density at radius 3 is 2.62 bits per heavy atom. The summed E-state index contributed by atoms with van der Waals surface area (Å²) in [5.74, 6) is -1.11. The molecule has 1 saturated heterocycles. The fourth-order valence-corrected chi connectivity index (χ4v) is 2.68. The predicted molar refractivity (Wildman–Crippen MR) is 76.2 cm³/mol. The lowest BCUT2D eigenvalue weighted by Gasteiger charge is -2.23. The molecule has 21 heavy (non-hydrogen) atoms. The van der Waals surface area contributed by atoms with Crippen molar-refractivity contribution in [3.63, 3.8) is 0 Å². The standard InChI is InChI=1S/C13H17FN2O4S/c1-21(18,19)16-12-3-2-9(14)8-11(12)13(17)15-10-4-6-20-7-5-10/h2-3,8,10,16H,4-7H2,1H3,(H,15,17). The van der Waals surface area contributed by atoms with Crippen molar-refractivity contribution in [2.24, 2.45) is 0 Å². The second-order valence-electron chi connectivity index (χ2n) is 4.92. The van der Waals surface area contributed by atoms with E-state index < -0.39 is 21.7 Å². The van der Waals surface area contributed by atoms with Crippen LogP contribution in [0.25, 0.3) is 0 Å². The van der Waals surface area contributed by atoms with Crippen LogP contribution in [0, 0.1) is 5.82 Å². The van der Waals surface area contributed by atoms with E-state index in [1.807, 2.05) is 0 Å². The number of ether oxygens (including phenoxy) is 1. The lowest BCUT2D eigenvalue weighted by atomic mass is 10.1. The number of amides is 1. The van der Waals surface area contributed by atoms with Crippen LogP contribution in [-0.2, 0) is 14.8 Å². The second-order valence-corrected chi connectivity index (χ2v) is 6.67. The van der Waals surface area contributed by atoms with Crippen LogP contribution in [0.5, 0.6) is 0 Å². The summed E-state index contributed by atoms with van der Waals surface area (Å²) in [6.45, 7) is 1.12. The molecule has 1 aliphatic heterocycles. The molecule has 1 aromatic carbocycles. The van der Waals surface area contributed by atoms with Gasteiger partial charge in [-0.15, -0.1) is 0 Å². The molecule has 0 atom stereocenters. The van der Waals surface area contributed by atoms with E-state index in [9.17, 15) is 17.6 Å². The maximum atomic E-state index is 13.3. The minimum atomic E-state index is -3.55. The zero-order valence-electron chi connectivity index (χ0n) is 11.6. The van der Waals surface area contributed by atoms with E-state index in [0.29, 0.717) is 26.1 Å². The summed E-state index contributed by atoms with van der Waals surface area (Å²) in [6, 6.07) is 3.29. The molecule has 1 aromatic rings. The summed E-state index contributed by atoms with van der Waals surface area (Å²) in [5, 5.41) is 2.77. The summed E-state index contributed by atoms with van der Waals surface area (Å²) in [4.78, 5) is 12.2. The van der Waals surface area contributed by atoms with Gasteiger partial charge in [0.15, 0.2) is 0 Å². The van der Waals surface area contributed by atoms with Crippen LogP contribution >= 0.6 is 0 Å². The largest absolute Gasteiger partial charge is 0.381 e. The molecular weight excluding hydrogens is 299 g/mol. The van der Waals surface area contributed by atoms with Gasteiger partial charge >= 0.3 is 0 Å². The van der Waals surface area contributed by atoms with Crippen LogP contribution < -0.4 is 10.0 Å². The van der Waals surface area contributed by atoms with Crippen molar-refractivity contribution in [2.45, 2.75) is 18.9 Å². The number of benzene rings is 1. The Bertz CT molecular complexity index is 627. The Hall–Kier alpha value is -1.67. The number of rotatable bonds is 4. The Labute approximate surface area is 122 Å². The topological polar surface area (TPSA) is 84.5 Å². The first kappa shape index (κ1) is 15.7. The highest BCUT2D eigenvalue weighted by Gasteiger charge is 2.20. The van der Waals surface area contributed by atoms with Gasteiger partial charge in [-0.25, -0.2) is 12.8 Å². The number of sulfonamides is 1. The maximum absolute atomic E-state index is 13.3. The molecule has 0 spiro atoms. The van der Waals surface area contributed by atoms with E-state index in [1.165, 1.54) is 6.07 Å². The number of hydrogen-bond acceptors (Lipinski definition) is 4. The molecule has 1 amide bonds. The number of halogens is 1. The van der Waals surface area contributed by atoms with Gasteiger partial charge < -0.3 is 10.1 Å². The molecule has 6 nitrogen and oxygen atoms in total. The van der Waals surface area contributed by atoms with E-state index in [4.69, 9.17) is 4.74 Å². The van der Waals surface area contributed by atoms with Crippen molar-refractivity contribution in [2.75, 3.05) is 24.2 Å².